The van der Waals surface area contributed by atoms with Gasteiger partial charge >= 0.3 is 11.9 Å². The van der Waals surface area contributed by atoms with E-state index in [1.807, 2.05) is 0 Å². The maximum atomic E-state index is 11.1. The van der Waals surface area contributed by atoms with Crippen molar-refractivity contribution in [3.8, 4) is 0 Å². The van der Waals surface area contributed by atoms with Crippen molar-refractivity contribution >= 4 is 17.9 Å². The molecule has 0 saturated heterocycles. The van der Waals surface area contributed by atoms with Crippen LogP contribution in [0.4, 0.5) is 0 Å². The quantitative estimate of drug-likeness (QED) is 0.359. The molecule has 1 atom stereocenters. The number of carbonyl (C=O) groups excluding carboxylic acids is 3. The molecule has 0 aliphatic carbocycles. The topological polar surface area (TPSA) is 113 Å². The van der Waals surface area contributed by atoms with Gasteiger partial charge in [0, 0.05) is 12.4 Å². The van der Waals surface area contributed by atoms with Crippen molar-refractivity contribution < 1.29 is 34.4 Å². The molecule has 0 aliphatic rings. The highest BCUT2D eigenvalue weighted by molar-refractivity contribution is 5.83. The number of carboxylic acid groups (broad SMARTS) is 1. The highest BCUT2D eigenvalue weighted by Gasteiger charge is 2.25. The first kappa shape index (κ1) is 14.4. The second-order valence-electron chi connectivity index (χ2n) is 3.43. The Labute approximate surface area is 91.9 Å². The van der Waals surface area contributed by atoms with E-state index in [4.69, 9.17) is 9.99 Å². The molecule has 0 rings (SSSR count). The van der Waals surface area contributed by atoms with Crippen molar-refractivity contribution in [1.82, 2.24) is 0 Å². The van der Waals surface area contributed by atoms with Gasteiger partial charge in [-0.05, 0) is 13.8 Å². The van der Waals surface area contributed by atoms with Crippen LogP contribution in [0.3, 0.4) is 0 Å². The van der Waals surface area contributed by atoms with E-state index >= 15 is 0 Å². The molecule has 0 bridgehead atoms. The molecule has 0 radical (unpaired) electrons. The summed E-state index contributed by atoms with van der Waals surface area (Å²) in [6.45, 7) is 3.21. The third-order valence-electron chi connectivity index (χ3n) is 1.62. The van der Waals surface area contributed by atoms with E-state index in [-0.39, 0.29) is 6.10 Å². The van der Waals surface area contributed by atoms with E-state index in [0.717, 1.165) is 0 Å². The number of rotatable bonds is 6. The van der Waals surface area contributed by atoms with Gasteiger partial charge in [0.2, 0.25) is 0 Å². The second-order valence-corrected chi connectivity index (χ2v) is 3.43. The second kappa shape index (κ2) is 6.78. The summed E-state index contributed by atoms with van der Waals surface area (Å²) in [6, 6.07) is 0. The van der Waals surface area contributed by atoms with Gasteiger partial charge in [-0.3, -0.25) is 4.79 Å². The first-order valence-corrected chi connectivity index (χ1v) is 4.61. The molecule has 0 aromatic heterocycles. The van der Waals surface area contributed by atoms with Gasteiger partial charge in [0.1, 0.15) is 0 Å². The summed E-state index contributed by atoms with van der Waals surface area (Å²) in [5.74, 6) is -4.77. The van der Waals surface area contributed by atoms with Crippen LogP contribution in [0.1, 0.15) is 26.7 Å². The first-order chi connectivity index (χ1) is 7.36. The zero-order valence-electron chi connectivity index (χ0n) is 8.97. The van der Waals surface area contributed by atoms with Crippen LogP contribution in [0.2, 0.25) is 0 Å². The molecule has 1 unspecified atom stereocenters. The van der Waals surface area contributed by atoms with Crippen molar-refractivity contribution in [2.75, 3.05) is 0 Å². The molecule has 16 heavy (non-hydrogen) atoms. The zero-order valence-corrected chi connectivity index (χ0v) is 8.97. The number of carboxylic acids is 1. The van der Waals surface area contributed by atoms with E-state index in [2.05, 4.69) is 4.89 Å². The lowest BCUT2D eigenvalue weighted by molar-refractivity contribution is -0.307. The molecule has 0 spiro atoms. The van der Waals surface area contributed by atoms with Crippen LogP contribution in [0.5, 0.6) is 0 Å². The maximum absolute atomic E-state index is 11.1. The number of esters is 1. The standard InChI is InChI=1S/C9H14O7/c1-5(2)15-8(12)4-6(3-7(10)11)9(13)16-14/h5-6,14H,3-4H2,1-2H3,(H,10,11)/p-1. The Morgan fingerprint density at radius 1 is 1.25 bits per heavy atom. The van der Waals surface area contributed by atoms with Crippen LogP contribution >= 0.6 is 0 Å². The number of hydrogen-bond acceptors (Lipinski definition) is 7. The molecule has 0 amide bonds. The molecule has 0 fully saturated rings. The van der Waals surface area contributed by atoms with Crippen molar-refractivity contribution in [2.24, 2.45) is 5.92 Å². The smallest absolute Gasteiger partial charge is 0.346 e. The number of aliphatic carboxylic acids is 1. The van der Waals surface area contributed by atoms with Gasteiger partial charge in [0.15, 0.2) is 0 Å². The molecule has 0 aromatic rings. The minimum Gasteiger partial charge on any atom is -0.550 e. The highest BCUT2D eigenvalue weighted by atomic mass is 17.1. The van der Waals surface area contributed by atoms with Gasteiger partial charge in [0.05, 0.1) is 18.4 Å². The lowest BCUT2D eigenvalue weighted by Gasteiger charge is -2.14. The molecule has 92 valence electrons. The lowest BCUT2D eigenvalue weighted by atomic mass is 10.0. The molecule has 1 N–H and O–H groups in total. The number of carbonyl (C=O) groups is 3. The molecule has 0 aromatic carbocycles. The van der Waals surface area contributed by atoms with E-state index in [0.29, 0.717) is 0 Å². The lowest BCUT2D eigenvalue weighted by Crippen LogP contribution is -2.31. The zero-order chi connectivity index (χ0) is 12.7. The molecule has 0 saturated carbocycles. The minimum atomic E-state index is -1.52. The van der Waals surface area contributed by atoms with E-state index in [1.165, 1.54) is 0 Å². The first-order valence-electron chi connectivity index (χ1n) is 4.61. The third-order valence-corrected chi connectivity index (χ3v) is 1.62. The Morgan fingerprint density at radius 3 is 2.19 bits per heavy atom. The summed E-state index contributed by atoms with van der Waals surface area (Å²) in [6.07, 6.45) is -1.57. The van der Waals surface area contributed by atoms with Gasteiger partial charge < -0.3 is 19.5 Å². The van der Waals surface area contributed by atoms with E-state index < -0.39 is 36.7 Å². The molecule has 0 heterocycles. The summed E-state index contributed by atoms with van der Waals surface area (Å²) in [7, 11) is 0. The summed E-state index contributed by atoms with van der Waals surface area (Å²) < 4.78 is 4.72. The predicted octanol–water partition coefficient (Wildman–Crippen LogP) is -0.899. The predicted molar refractivity (Wildman–Crippen MR) is 47.7 cm³/mol. The Kier molecular flexibility index (Phi) is 6.09. The summed E-state index contributed by atoms with van der Waals surface area (Å²) in [4.78, 5) is 35.7. The van der Waals surface area contributed by atoms with Crippen molar-refractivity contribution in [2.45, 2.75) is 32.8 Å². The minimum absolute atomic E-state index is 0.374. The Bertz CT molecular complexity index is 271. The molecule has 0 aliphatic heterocycles. The highest BCUT2D eigenvalue weighted by Crippen LogP contribution is 2.12. The Morgan fingerprint density at radius 2 is 1.81 bits per heavy atom. The monoisotopic (exact) mass is 233 g/mol. The van der Waals surface area contributed by atoms with Crippen LogP contribution in [0, 0.1) is 5.92 Å². The average molecular weight is 233 g/mol. The van der Waals surface area contributed by atoms with Crippen LogP contribution in [0.15, 0.2) is 0 Å². The molecule has 7 heteroatoms. The summed E-state index contributed by atoms with van der Waals surface area (Å²) >= 11 is 0. The van der Waals surface area contributed by atoms with Gasteiger partial charge in [-0.25, -0.2) is 4.79 Å². The fourth-order valence-corrected chi connectivity index (χ4v) is 1.03. The molecular formula is C9H13O7-. The fraction of sp³-hybridized carbons (Fsp3) is 0.667. The van der Waals surface area contributed by atoms with Gasteiger partial charge in [-0.2, -0.15) is 5.26 Å². The van der Waals surface area contributed by atoms with Crippen LogP contribution in [-0.4, -0.2) is 29.3 Å². The third kappa shape index (κ3) is 5.97. The Hall–Kier alpha value is -1.63. The fourth-order valence-electron chi connectivity index (χ4n) is 1.03. The van der Waals surface area contributed by atoms with Crippen LogP contribution in [0.25, 0.3) is 0 Å². The summed E-state index contributed by atoms with van der Waals surface area (Å²) in [5, 5.41) is 18.4. The van der Waals surface area contributed by atoms with Gasteiger partial charge in [0.25, 0.3) is 0 Å². The van der Waals surface area contributed by atoms with Gasteiger partial charge in [-0.1, -0.05) is 0 Å². The SMILES string of the molecule is CC(C)OC(=O)CC(CC(=O)[O-])C(=O)OO. The number of ether oxygens (including phenoxy) is 1. The van der Waals surface area contributed by atoms with Gasteiger partial charge in [-0.15, -0.1) is 0 Å². The summed E-state index contributed by atoms with van der Waals surface area (Å²) in [5.41, 5.74) is 0. The van der Waals surface area contributed by atoms with Crippen LogP contribution < -0.4 is 5.11 Å². The number of hydrogen-bond donors (Lipinski definition) is 1. The van der Waals surface area contributed by atoms with Crippen molar-refractivity contribution in [3.63, 3.8) is 0 Å². The maximum Gasteiger partial charge on any atom is 0.346 e. The Balaban J connectivity index is 4.36. The molecule has 7 nitrogen and oxygen atoms in total. The van der Waals surface area contributed by atoms with E-state index in [9.17, 15) is 19.5 Å². The largest absolute Gasteiger partial charge is 0.550 e. The molecular weight excluding hydrogens is 220 g/mol. The average Bonchev–Trinajstić information content (AvgIpc) is 2.13. The normalized spacial score (nSPS) is 12.0. The van der Waals surface area contributed by atoms with Crippen molar-refractivity contribution in [1.29, 1.82) is 0 Å². The van der Waals surface area contributed by atoms with E-state index in [1.54, 1.807) is 13.8 Å². The van der Waals surface area contributed by atoms with Crippen LogP contribution in [-0.2, 0) is 24.0 Å². The van der Waals surface area contributed by atoms with Crippen molar-refractivity contribution in [3.05, 3.63) is 0 Å².